The van der Waals surface area contributed by atoms with Crippen molar-refractivity contribution in [2.24, 2.45) is 0 Å². The molecule has 0 aromatic heterocycles. The molecule has 1 aromatic rings. The molecule has 0 saturated carbocycles. The van der Waals surface area contributed by atoms with Crippen molar-refractivity contribution in [1.82, 2.24) is 0 Å². The van der Waals surface area contributed by atoms with Crippen molar-refractivity contribution in [3.8, 4) is 5.75 Å². The summed E-state index contributed by atoms with van der Waals surface area (Å²) in [6.45, 7) is 3.55. The van der Waals surface area contributed by atoms with Crippen molar-refractivity contribution in [2.75, 3.05) is 19.8 Å². The highest BCUT2D eigenvalue weighted by atomic mass is 19.1. The molecule has 0 radical (unpaired) electrons. The number of hydrogen-bond acceptors (Lipinski definition) is 3. The summed E-state index contributed by atoms with van der Waals surface area (Å²) in [6.07, 6.45) is 0.417. The van der Waals surface area contributed by atoms with Crippen LogP contribution in [0.3, 0.4) is 0 Å². The van der Waals surface area contributed by atoms with Crippen molar-refractivity contribution in [3.63, 3.8) is 0 Å². The SMILES string of the molecule is Cc1ccc(F)c(OCCC2OCCO2)c1. The lowest BCUT2D eigenvalue weighted by Crippen LogP contribution is -2.13. The molecule has 0 bridgehead atoms. The molecule has 1 aromatic carbocycles. The van der Waals surface area contributed by atoms with Crippen LogP contribution in [0.4, 0.5) is 4.39 Å². The van der Waals surface area contributed by atoms with Crippen LogP contribution >= 0.6 is 0 Å². The number of halogens is 1. The van der Waals surface area contributed by atoms with Gasteiger partial charge in [-0.1, -0.05) is 6.07 Å². The maximum atomic E-state index is 13.3. The molecule has 16 heavy (non-hydrogen) atoms. The Labute approximate surface area is 94.1 Å². The van der Waals surface area contributed by atoms with Gasteiger partial charge in [0.2, 0.25) is 0 Å². The summed E-state index contributed by atoms with van der Waals surface area (Å²) in [5, 5.41) is 0. The number of rotatable bonds is 4. The molecule has 1 aliphatic heterocycles. The predicted octanol–water partition coefficient (Wildman–Crippen LogP) is 2.28. The second-order valence-electron chi connectivity index (χ2n) is 3.74. The smallest absolute Gasteiger partial charge is 0.165 e. The second kappa shape index (κ2) is 5.27. The van der Waals surface area contributed by atoms with E-state index in [1.54, 1.807) is 12.1 Å². The number of ether oxygens (including phenoxy) is 3. The molecule has 1 fully saturated rings. The third kappa shape index (κ3) is 2.93. The van der Waals surface area contributed by atoms with Crippen molar-refractivity contribution >= 4 is 0 Å². The van der Waals surface area contributed by atoms with Gasteiger partial charge in [-0.15, -0.1) is 0 Å². The molecule has 2 rings (SSSR count). The van der Waals surface area contributed by atoms with Crippen LogP contribution in [-0.2, 0) is 9.47 Å². The van der Waals surface area contributed by atoms with E-state index in [-0.39, 0.29) is 17.9 Å². The Morgan fingerprint density at radius 1 is 1.38 bits per heavy atom. The Morgan fingerprint density at radius 2 is 2.12 bits per heavy atom. The zero-order valence-electron chi connectivity index (χ0n) is 9.24. The summed E-state index contributed by atoms with van der Waals surface area (Å²) < 4.78 is 29.1. The third-order valence-corrected chi connectivity index (χ3v) is 2.39. The van der Waals surface area contributed by atoms with E-state index >= 15 is 0 Å². The minimum Gasteiger partial charge on any atom is -0.490 e. The number of hydrogen-bond donors (Lipinski definition) is 0. The molecule has 0 unspecified atom stereocenters. The van der Waals surface area contributed by atoms with Gasteiger partial charge in [0.25, 0.3) is 0 Å². The molecule has 1 saturated heterocycles. The molecule has 88 valence electrons. The van der Waals surface area contributed by atoms with Gasteiger partial charge < -0.3 is 14.2 Å². The monoisotopic (exact) mass is 226 g/mol. The molecular weight excluding hydrogens is 211 g/mol. The van der Waals surface area contributed by atoms with E-state index in [1.165, 1.54) is 6.07 Å². The average molecular weight is 226 g/mol. The standard InChI is InChI=1S/C12H15FO3/c1-9-2-3-10(13)11(8-9)14-5-4-12-15-6-7-16-12/h2-3,8,12H,4-7H2,1H3. The highest BCUT2D eigenvalue weighted by Gasteiger charge is 2.15. The van der Waals surface area contributed by atoms with E-state index in [4.69, 9.17) is 14.2 Å². The van der Waals surface area contributed by atoms with Gasteiger partial charge in [0, 0.05) is 6.42 Å². The lowest BCUT2D eigenvalue weighted by molar-refractivity contribution is -0.0533. The van der Waals surface area contributed by atoms with Crippen molar-refractivity contribution in [3.05, 3.63) is 29.6 Å². The molecule has 0 aliphatic carbocycles. The average Bonchev–Trinajstić information content (AvgIpc) is 2.76. The van der Waals surface area contributed by atoms with Crippen LogP contribution < -0.4 is 4.74 Å². The van der Waals surface area contributed by atoms with E-state index in [1.807, 2.05) is 6.92 Å². The van der Waals surface area contributed by atoms with Gasteiger partial charge in [0.05, 0.1) is 19.8 Å². The minimum absolute atomic E-state index is 0.201. The molecule has 0 N–H and O–H groups in total. The molecule has 1 heterocycles. The van der Waals surface area contributed by atoms with Gasteiger partial charge in [-0.2, -0.15) is 0 Å². The lowest BCUT2D eigenvalue weighted by Gasteiger charge is -2.11. The summed E-state index contributed by atoms with van der Waals surface area (Å²) in [5.41, 5.74) is 0.977. The van der Waals surface area contributed by atoms with Crippen LogP contribution in [0.15, 0.2) is 18.2 Å². The topological polar surface area (TPSA) is 27.7 Å². The summed E-state index contributed by atoms with van der Waals surface area (Å²) in [5.74, 6) is -0.0446. The fraction of sp³-hybridized carbons (Fsp3) is 0.500. The Balaban J connectivity index is 1.82. The van der Waals surface area contributed by atoms with E-state index < -0.39 is 0 Å². The number of benzene rings is 1. The quantitative estimate of drug-likeness (QED) is 0.788. The first-order valence-electron chi connectivity index (χ1n) is 5.38. The molecule has 0 spiro atoms. The lowest BCUT2D eigenvalue weighted by atomic mass is 10.2. The van der Waals surface area contributed by atoms with Gasteiger partial charge >= 0.3 is 0 Å². The normalized spacial score (nSPS) is 16.6. The van der Waals surface area contributed by atoms with Crippen LogP contribution in [-0.4, -0.2) is 26.1 Å². The van der Waals surface area contributed by atoms with Gasteiger partial charge in [-0.3, -0.25) is 0 Å². The van der Waals surface area contributed by atoms with Crippen LogP contribution in [0.25, 0.3) is 0 Å². The van der Waals surface area contributed by atoms with Gasteiger partial charge in [-0.25, -0.2) is 4.39 Å². The highest BCUT2D eigenvalue weighted by molar-refractivity contribution is 5.29. The maximum Gasteiger partial charge on any atom is 0.165 e. The molecular formula is C12H15FO3. The molecule has 0 atom stereocenters. The van der Waals surface area contributed by atoms with Gasteiger partial charge in [-0.05, 0) is 24.6 Å². The predicted molar refractivity (Wildman–Crippen MR) is 56.9 cm³/mol. The number of aryl methyl sites for hydroxylation is 1. The fourth-order valence-electron chi connectivity index (χ4n) is 1.56. The largest absolute Gasteiger partial charge is 0.490 e. The Hall–Kier alpha value is -1.13. The molecule has 1 aliphatic rings. The highest BCUT2D eigenvalue weighted by Crippen LogP contribution is 2.19. The maximum absolute atomic E-state index is 13.3. The van der Waals surface area contributed by atoms with Crippen LogP contribution in [0.5, 0.6) is 5.75 Å². The Kier molecular flexibility index (Phi) is 3.74. The van der Waals surface area contributed by atoms with Crippen molar-refractivity contribution < 1.29 is 18.6 Å². The van der Waals surface area contributed by atoms with Crippen LogP contribution in [0.1, 0.15) is 12.0 Å². The fourth-order valence-corrected chi connectivity index (χ4v) is 1.56. The van der Waals surface area contributed by atoms with Crippen LogP contribution in [0, 0.1) is 12.7 Å². The Bertz CT molecular complexity index is 348. The molecule has 3 nitrogen and oxygen atoms in total. The van der Waals surface area contributed by atoms with Crippen LogP contribution in [0.2, 0.25) is 0 Å². The molecule has 0 amide bonds. The van der Waals surface area contributed by atoms with Crippen molar-refractivity contribution in [1.29, 1.82) is 0 Å². The zero-order valence-corrected chi connectivity index (χ0v) is 9.24. The Morgan fingerprint density at radius 3 is 2.88 bits per heavy atom. The summed E-state index contributed by atoms with van der Waals surface area (Å²) >= 11 is 0. The zero-order chi connectivity index (χ0) is 11.4. The summed E-state index contributed by atoms with van der Waals surface area (Å²) in [4.78, 5) is 0. The first-order valence-corrected chi connectivity index (χ1v) is 5.38. The van der Waals surface area contributed by atoms with Gasteiger partial charge in [0.1, 0.15) is 0 Å². The first-order chi connectivity index (χ1) is 7.75. The third-order valence-electron chi connectivity index (χ3n) is 2.39. The molecule has 4 heteroatoms. The summed E-state index contributed by atoms with van der Waals surface area (Å²) in [7, 11) is 0. The van der Waals surface area contributed by atoms with Crippen molar-refractivity contribution in [2.45, 2.75) is 19.6 Å². The van der Waals surface area contributed by atoms with E-state index in [2.05, 4.69) is 0 Å². The minimum atomic E-state index is -0.334. The van der Waals surface area contributed by atoms with E-state index in [0.717, 1.165) is 5.56 Å². The second-order valence-corrected chi connectivity index (χ2v) is 3.74. The van der Waals surface area contributed by atoms with Gasteiger partial charge in [0.15, 0.2) is 17.9 Å². The first kappa shape index (κ1) is 11.4. The summed E-state index contributed by atoms with van der Waals surface area (Å²) in [6, 6.07) is 4.81. The van der Waals surface area contributed by atoms with E-state index in [9.17, 15) is 4.39 Å². The van der Waals surface area contributed by atoms with E-state index in [0.29, 0.717) is 26.2 Å².